The Morgan fingerprint density at radius 2 is 1.88 bits per heavy atom. The molecule has 0 aliphatic rings. The molecule has 9 nitrogen and oxygen atoms in total. The van der Waals surface area contributed by atoms with E-state index in [4.69, 9.17) is 4.74 Å². The van der Waals surface area contributed by atoms with E-state index in [1.807, 2.05) is 44.4 Å². The number of Topliss-reactive ketones (excluding diaryl/α,β-unsaturated/α-hetero) is 1. The average molecular weight is 444 g/mol. The third kappa shape index (κ3) is 5.57. The zero-order chi connectivity index (χ0) is 23.2. The van der Waals surface area contributed by atoms with Crippen LogP contribution in [0.1, 0.15) is 25.3 Å². The highest BCUT2D eigenvalue weighted by Crippen LogP contribution is 2.19. The molecule has 0 N–H and O–H groups in total. The van der Waals surface area contributed by atoms with Crippen molar-refractivity contribution < 1.29 is 9.53 Å². The lowest BCUT2D eigenvalue weighted by atomic mass is 10.1. The van der Waals surface area contributed by atoms with Crippen LogP contribution in [-0.2, 0) is 18.4 Å². The maximum Gasteiger partial charge on any atom is 0.267 e. The van der Waals surface area contributed by atoms with Crippen molar-refractivity contribution in [2.45, 2.75) is 26.3 Å². The molecule has 0 spiro atoms. The van der Waals surface area contributed by atoms with E-state index in [2.05, 4.69) is 20.2 Å². The van der Waals surface area contributed by atoms with Crippen molar-refractivity contribution in [2.75, 3.05) is 6.61 Å². The van der Waals surface area contributed by atoms with Gasteiger partial charge in [0.1, 0.15) is 6.61 Å². The van der Waals surface area contributed by atoms with Gasteiger partial charge in [0, 0.05) is 36.9 Å². The van der Waals surface area contributed by atoms with Crippen molar-refractivity contribution in [1.29, 1.82) is 0 Å². The Morgan fingerprint density at radius 3 is 2.61 bits per heavy atom. The van der Waals surface area contributed by atoms with Crippen LogP contribution in [0.4, 0.5) is 0 Å². The van der Waals surface area contributed by atoms with E-state index >= 15 is 0 Å². The number of carbonyl (C=O) groups is 1. The molecule has 0 amide bonds. The van der Waals surface area contributed by atoms with Gasteiger partial charge in [0.2, 0.25) is 0 Å². The average Bonchev–Trinajstić information content (AvgIpc) is 3.26. The summed E-state index contributed by atoms with van der Waals surface area (Å²) < 4.78 is 8.56. The van der Waals surface area contributed by atoms with Crippen LogP contribution < -0.4 is 10.3 Å². The van der Waals surface area contributed by atoms with Crippen LogP contribution in [0, 0.1) is 0 Å². The number of hydrogen-bond donors (Lipinski definition) is 0. The van der Waals surface area contributed by atoms with E-state index in [1.165, 1.54) is 10.7 Å². The summed E-state index contributed by atoms with van der Waals surface area (Å²) in [6.45, 7) is 2.28. The number of aromatic nitrogens is 6. The molecule has 0 bridgehead atoms. The van der Waals surface area contributed by atoms with Gasteiger partial charge in [-0.25, -0.2) is 14.6 Å². The zero-order valence-corrected chi connectivity index (χ0v) is 18.5. The molecule has 4 aromatic rings. The molecule has 33 heavy (non-hydrogen) atoms. The van der Waals surface area contributed by atoms with Crippen LogP contribution in [0.3, 0.4) is 0 Å². The monoisotopic (exact) mass is 444 g/mol. The number of nitrogens with zero attached hydrogens (tertiary/aromatic N) is 6. The summed E-state index contributed by atoms with van der Waals surface area (Å²) in [7, 11) is 1.83. The zero-order valence-electron chi connectivity index (χ0n) is 18.5. The summed E-state index contributed by atoms with van der Waals surface area (Å²) in [5.41, 5.74) is 3.02. The van der Waals surface area contributed by atoms with Gasteiger partial charge in [0.05, 0.1) is 30.8 Å². The fraction of sp³-hybridized carbons (Fsp3) is 0.250. The van der Waals surface area contributed by atoms with Crippen molar-refractivity contribution in [3.8, 4) is 28.4 Å². The second-order valence-electron chi connectivity index (χ2n) is 7.64. The molecule has 0 fully saturated rings. The Bertz CT molecular complexity index is 1310. The third-order valence-corrected chi connectivity index (χ3v) is 4.94. The summed E-state index contributed by atoms with van der Waals surface area (Å²) >= 11 is 0. The Hall–Kier alpha value is -4.14. The first-order valence-electron chi connectivity index (χ1n) is 10.6. The first-order valence-corrected chi connectivity index (χ1v) is 10.6. The van der Waals surface area contributed by atoms with Gasteiger partial charge >= 0.3 is 0 Å². The number of carbonyl (C=O) groups excluding carboxylic acids is 1. The normalized spacial score (nSPS) is 10.8. The highest BCUT2D eigenvalue weighted by Gasteiger charge is 2.09. The van der Waals surface area contributed by atoms with Gasteiger partial charge in [0.15, 0.2) is 17.4 Å². The minimum Gasteiger partial charge on any atom is -0.483 e. The van der Waals surface area contributed by atoms with E-state index < -0.39 is 0 Å². The minimum atomic E-state index is -0.191. The molecule has 0 atom stereocenters. The highest BCUT2D eigenvalue weighted by atomic mass is 16.5. The smallest absolute Gasteiger partial charge is 0.267 e. The largest absolute Gasteiger partial charge is 0.483 e. The van der Waals surface area contributed by atoms with E-state index in [0.29, 0.717) is 30.2 Å². The molecular weight excluding hydrogens is 420 g/mol. The first-order chi connectivity index (χ1) is 16.0. The van der Waals surface area contributed by atoms with E-state index in [1.54, 1.807) is 29.3 Å². The van der Waals surface area contributed by atoms with Crippen molar-refractivity contribution in [1.82, 2.24) is 29.5 Å². The molecular formula is C24H24N6O3. The molecule has 0 aliphatic carbocycles. The predicted octanol–water partition coefficient (Wildman–Crippen LogP) is 2.90. The fourth-order valence-corrected chi connectivity index (χ4v) is 3.31. The summed E-state index contributed by atoms with van der Waals surface area (Å²) in [4.78, 5) is 32.7. The number of benzene rings is 1. The van der Waals surface area contributed by atoms with Crippen molar-refractivity contribution in [2.24, 2.45) is 7.05 Å². The second-order valence-corrected chi connectivity index (χ2v) is 7.64. The lowest BCUT2D eigenvalue weighted by Crippen LogP contribution is -2.22. The first kappa shape index (κ1) is 22.1. The Kier molecular flexibility index (Phi) is 6.68. The number of hydrogen-bond acceptors (Lipinski definition) is 7. The minimum absolute atomic E-state index is 0.0197. The van der Waals surface area contributed by atoms with Gasteiger partial charge in [-0.3, -0.25) is 14.3 Å². The molecule has 0 saturated heterocycles. The summed E-state index contributed by atoms with van der Waals surface area (Å²) in [6, 6.07) is 10.8. The Labute approximate surface area is 190 Å². The molecule has 3 heterocycles. The lowest BCUT2D eigenvalue weighted by Gasteiger charge is -2.08. The maximum atomic E-state index is 12.4. The second kappa shape index (κ2) is 9.99. The quantitative estimate of drug-likeness (QED) is 0.391. The number of ketones is 1. The lowest BCUT2D eigenvalue weighted by molar-refractivity contribution is -0.121. The fourth-order valence-electron chi connectivity index (χ4n) is 3.31. The molecule has 0 radical (unpaired) electrons. The molecule has 0 saturated carbocycles. The number of aryl methyl sites for hydroxylation is 1. The Balaban J connectivity index is 1.49. The van der Waals surface area contributed by atoms with Crippen molar-refractivity contribution >= 4 is 5.78 Å². The van der Waals surface area contributed by atoms with Gasteiger partial charge < -0.3 is 4.74 Å². The van der Waals surface area contributed by atoms with Crippen LogP contribution in [0.25, 0.3) is 22.6 Å². The standard InChI is InChI=1S/C24H24N6O3/c1-3-5-20(31)16-33-21-12-25-24(26-13-21)18-7-4-6-17(10-18)14-30-23(32)9-8-22(28-30)19-11-27-29(2)15-19/h4,6-13,15H,3,5,14,16H2,1-2H3. The van der Waals surface area contributed by atoms with E-state index in [0.717, 1.165) is 23.1 Å². The van der Waals surface area contributed by atoms with Gasteiger partial charge in [-0.1, -0.05) is 25.1 Å². The molecule has 0 unspecified atom stereocenters. The number of ether oxygens (including phenoxy) is 1. The van der Waals surface area contributed by atoms with Crippen molar-refractivity contribution in [3.63, 3.8) is 0 Å². The molecule has 1 aromatic carbocycles. The van der Waals surface area contributed by atoms with Gasteiger partial charge in [-0.05, 0) is 24.1 Å². The summed E-state index contributed by atoms with van der Waals surface area (Å²) in [5.74, 6) is 1.02. The van der Waals surface area contributed by atoms with Crippen LogP contribution in [0.15, 0.2) is 66.0 Å². The predicted molar refractivity (Wildman–Crippen MR) is 123 cm³/mol. The SMILES string of the molecule is CCCC(=O)COc1cnc(-c2cccc(Cn3nc(-c4cnn(C)c4)ccc3=O)c2)nc1. The van der Waals surface area contributed by atoms with E-state index in [9.17, 15) is 9.59 Å². The van der Waals surface area contributed by atoms with Crippen LogP contribution >= 0.6 is 0 Å². The molecule has 168 valence electrons. The van der Waals surface area contributed by atoms with Crippen LogP contribution in [0.5, 0.6) is 5.75 Å². The van der Waals surface area contributed by atoms with Crippen LogP contribution in [-0.4, -0.2) is 41.9 Å². The summed E-state index contributed by atoms with van der Waals surface area (Å²) in [5, 5.41) is 8.65. The summed E-state index contributed by atoms with van der Waals surface area (Å²) in [6.07, 6.45) is 7.96. The highest BCUT2D eigenvalue weighted by molar-refractivity contribution is 5.79. The third-order valence-electron chi connectivity index (χ3n) is 4.94. The molecule has 9 heteroatoms. The molecule has 4 rings (SSSR count). The van der Waals surface area contributed by atoms with Gasteiger partial charge in [0.25, 0.3) is 5.56 Å². The molecule has 0 aliphatic heterocycles. The number of rotatable bonds is 9. The molecule has 3 aromatic heterocycles. The van der Waals surface area contributed by atoms with Gasteiger partial charge in [-0.2, -0.15) is 10.2 Å². The maximum absolute atomic E-state index is 12.4. The van der Waals surface area contributed by atoms with Crippen molar-refractivity contribution in [3.05, 3.63) is 77.1 Å². The van der Waals surface area contributed by atoms with Gasteiger partial charge in [-0.15, -0.1) is 0 Å². The Morgan fingerprint density at radius 1 is 1.06 bits per heavy atom. The topological polar surface area (TPSA) is 105 Å². The van der Waals surface area contributed by atoms with E-state index in [-0.39, 0.29) is 17.9 Å². The van der Waals surface area contributed by atoms with Crippen LogP contribution in [0.2, 0.25) is 0 Å².